The summed E-state index contributed by atoms with van der Waals surface area (Å²) in [6.07, 6.45) is 3.40. The van der Waals surface area contributed by atoms with Crippen LogP contribution in [0.15, 0.2) is 0 Å². The van der Waals surface area contributed by atoms with Crippen molar-refractivity contribution in [1.82, 2.24) is 4.90 Å². The predicted octanol–water partition coefficient (Wildman–Crippen LogP) is 0.880. The molecule has 0 radical (unpaired) electrons. The topological polar surface area (TPSA) is 83.6 Å². The number of carboxylic acids is 1. The van der Waals surface area contributed by atoms with E-state index in [1.54, 1.807) is 16.7 Å². The number of carboxylic acid groups (broad SMARTS) is 1. The molecule has 1 aliphatic heterocycles. The molecule has 3 N–H and O–H groups in total. The Labute approximate surface area is 111 Å². The highest BCUT2D eigenvalue weighted by atomic mass is 32.2. The first-order valence-electron chi connectivity index (χ1n) is 6.43. The molecule has 2 atom stereocenters. The molecule has 0 aromatic heterocycles. The van der Waals surface area contributed by atoms with Gasteiger partial charge in [0.1, 0.15) is 6.04 Å². The summed E-state index contributed by atoms with van der Waals surface area (Å²) in [7, 11) is 0. The van der Waals surface area contributed by atoms with E-state index in [-0.39, 0.29) is 11.3 Å². The summed E-state index contributed by atoms with van der Waals surface area (Å²) in [4.78, 5) is 25.4. The lowest BCUT2D eigenvalue weighted by Crippen LogP contribution is -2.50. The Morgan fingerprint density at radius 2 is 2.17 bits per heavy atom. The molecule has 0 bridgehead atoms. The smallest absolute Gasteiger partial charge is 0.327 e. The summed E-state index contributed by atoms with van der Waals surface area (Å²) < 4.78 is 0. The number of amides is 1. The first-order chi connectivity index (χ1) is 8.55. The fourth-order valence-electron chi connectivity index (χ4n) is 2.43. The van der Waals surface area contributed by atoms with Crippen molar-refractivity contribution >= 4 is 23.6 Å². The fraction of sp³-hybridized carbons (Fsp3) is 0.833. The minimum atomic E-state index is -0.901. The highest BCUT2D eigenvalue weighted by molar-refractivity contribution is 8.00. The molecule has 18 heavy (non-hydrogen) atoms. The van der Waals surface area contributed by atoms with E-state index in [0.717, 1.165) is 25.7 Å². The number of thioether (sulfide) groups is 1. The number of nitrogens with zero attached hydrogens (tertiary/aromatic N) is 1. The standard InChI is InChI=1S/C12H20N2O3S/c1-2-3-9-14(8(6-18-9)10(15)16)11(17)12(7-13)4-5-12/h8-9H,2-7,13H2,1H3,(H,15,16). The van der Waals surface area contributed by atoms with Crippen molar-refractivity contribution in [3.63, 3.8) is 0 Å². The van der Waals surface area contributed by atoms with Gasteiger partial charge in [0.05, 0.1) is 10.8 Å². The van der Waals surface area contributed by atoms with Gasteiger partial charge in [-0.3, -0.25) is 4.79 Å². The van der Waals surface area contributed by atoms with Crippen molar-refractivity contribution in [1.29, 1.82) is 0 Å². The van der Waals surface area contributed by atoms with Crippen LogP contribution in [0.2, 0.25) is 0 Å². The second kappa shape index (κ2) is 5.09. The number of hydrogen-bond donors (Lipinski definition) is 2. The monoisotopic (exact) mass is 272 g/mol. The number of nitrogens with two attached hydrogens (primary N) is 1. The molecule has 1 amide bonds. The second-order valence-corrected chi connectivity index (χ2v) is 6.34. The lowest BCUT2D eigenvalue weighted by Gasteiger charge is -2.30. The van der Waals surface area contributed by atoms with E-state index in [2.05, 4.69) is 0 Å². The van der Waals surface area contributed by atoms with Crippen molar-refractivity contribution in [3.8, 4) is 0 Å². The molecule has 1 aliphatic carbocycles. The van der Waals surface area contributed by atoms with Crippen LogP contribution in [0, 0.1) is 5.41 Å². The third-order valence-electron chi connectivity index (χ3n) is 3.85. The number of aliphatic carboxylic acids is 1. The molecule has 1 saturated carbocycles. The van der Waals surface area contributed by atoms with Crippen LogP contribution in [0.5, 0.6) is 0 Å². The lowest BCUT2D eigenvalue weighted by molar-refractivity contribution is -0.151. The predicted molar refractivity (Wildman–Crippen MR) is 70.1 cm³/mol. The zero-order valence-electron chi connectivity index (χ0n) is 10.6. The van der Waals surface area contributed by atoms with Crippen LogP contribution in [0.3, 0.4) is 0 Å². The van der Waals surface area contributed by atoms with E-state index in [1.807, 2.05) is 6.92 Å². The van der Waals surface area contributed by atoms with Crippen molar-refractivity contribution in [3.05, 3.63) is 0 Å². The first kappa shape index (κ1) is 13.7. The third-order valence-corrected chi connectivity index (χ3v) is 5.20. The van der Waals surface area contributed by atoms with Gasteiger partial charge in [-0.2, -0.15) is 0 Å². The van der Waals surface area contributed by atoms with Crippen molar-refractivity contribution in [2.75, 3.05) is 12.3 Å². The van der Waals surface area contributed by atoms with E-state index in [4.69, 9.17) is 5.73 Å². The van der Waals surface area contributed by atoms with Gasteiger partial charge in [-0.05, 0) is 19.3 Å². The Hall–Kier alpha value is -0.750. The quantitative estimate of drug-likeness (QED) is 0.776. The molecule has 0 aromatic rings. The van der Waals surface area contributed by atoms with Gasteiger partial charge in [-0.1, -0.05) is 13.3 Å². The minimum Gasteiger partial charge on any atom is -0.480 e. The van der Waals surface area contributed by atoms with Crippen LogP contribution < -0.4 is 5.73 Å². The molecular weight excluding hydrogens is 252 g/mol. The molecule has 0 spiro atoms. The maximum absolute atomic E-state index is 12.5. The maximum atomic E-state index is 12.5. The van der Waals surface area contributed by atoms with Gasteiger partial charge < -0.3 is 15.7 Å². The molecule has 2 aliphatic rings. The fourth-order valence-corrected chi connectivity index (χ4v) is 3.94. The molecule has 6 heteroatoms. The van der Waals surface area contributed by atoms with E-state index in [9.17, 15) is 14.7 Å². The van der Waals surface area contributed by atoms with Gasteiger partial charge >= 0.3 is 5.97 Å². The Morgan fingerprint density at radius 3 is 2.61 bits per heavy atom. The molecule has 1 heterocycles. The summed E-state index contributed by atoms with van der Waals surface area (Å²) in [5.74, 6) is -0.449. The van der Waals surface area contributed by atoms with E-state index >= 15 is 0 Å². The summed E-state index contributed by atoms with van der Waals surface area (Å²) in [5, 5.41) is 9.25. The average Bonchev–Trinajstić information content (AvgIpc) is 3.04. The van der Waals surface area contributed by atoms with Gasteiger partial charge in [0, 0.05) is 12.3 Å². The second-order valence-electron chi connectivity index (χ2n) is 5.13. The number of rotatable bonds is 5. The Bertz CT molecular complexity index is 357. The molecule has 0 aromatic carbocycles. The number of carbonyl (C=O) groups excluding carboxylic acids is 1. The summed E-state index contributed by atoms with van der Waals surface area (Å²) >= 11 is 1.58. The van der Waals surface area contributed by atoms with Crippen LogP contribution in [0.1, 0.15) is 32.6 Å². The zero-order valence-corrected chi connectivity index (χ0v) is 11.4. The lowest BCUT2D eigenvalue weighted by atomic mass is 10.0. The van der Waals surface area contributed by atoms with E-state index in [0.29, 0.717) is 12.3 Å². The number of hydrogen-bond acceptors (Lipinski definition) is 4. The molecular formula is C12H20N2O3S. The summed E-state index contributed by atoms with van der Waals surface area (Å²) in [5.41, 5.74) is 5.22. The van der Waals surface area contributed by atoms with Gasteiger partial charge in [0.2, 0.25) is 5.91 Å². The number of carbonyl (C=O) groups is 2. The summed E-state index contributed by atoms with van der Waals surface area (Å²) in [6, 6.07) is -0.678. The average molecular weight is 272 g/mol. The van der Waals surface area contributed by atoms with Gasteiger partial charge in [-0.25, -0.2) is 4.79 Å². The molecule has 2 unspecified atom stereocenters. The molecule has 1 saturated heterocycles. The van der Waals surface area contributed by atoms with Crippen LogP contribution in [-0.4, -0.2) is 45.6 Å². The zero-order chi connectivity index (χ0) is 13.3. The normalized spacial score (nSPS) is 29.3. The SMILES string of the molecule is CCCC1SCC(C(=O)O)N1C(=O)C1(CN)CC1. The Kier molecular flexibility index (Phi) is 3.87. The van der Waals surface area contributed by atoms with Crippen LogP contribution >= 0.6 is 11.8 Å². The van der Waals surface area contributed by atoms with Crippen molar-refractivity contribution < 1.29 is 14.7 Å². The molecule has 2 rings (SSSR count). The molecule has 2 fully saturated rings. The highest BCUT2D eigenvalue weighted by Crippen LogP contribution is 2.48. The van der Waals surface area contributed by atoms with E-state index in [1.165, 1.54) is 0 Å². The van der Waals surface area contributed by atoms with E-state index < -0.39 is 17.4 Å². The minimum absolute atomic E-state index is 0.00706. The van der Waals surface area contributed by atoms with Crippen molar-refractivity contribution in [2.45, 2.75) is 44.0 Å². The Balaban J connectivity index is 2.18. The van der Waals surface area contributed by atoms with Gasteiger partial charge in [-0.15, -0.1) is 11.8 Å². The van der Waals surface area contributed by atoms with Crippen LogP contribution in [0.25, 0.3) is 0 Å². The largest absolute Gasteiger partial charge is 0.480 e. The molecule has 5 nitrogen and oxygen atoms in total. The maximum Gasteiger partial charge on any atom is 0.327 e. The first-order valence-corrected chi connectivity index (χ1v) is 7.48. The van der Waals surface area contributed by atoms with Gasteiger partial charge in [0.25, 0.3) is 0 Å². The summed E-state index contributed by atoms with van der Waals surface area (Å²) in [6.45, 7) is 2.38. The van der Waals surface area contributed by atoms with Crippen molar-refractivity contribution in [2.24, 2.45) is 11.1 Å². The third kappa shape index (κ3) is 2.23. The van der Waals surface area contributed by atoms with Crippen LogP contribution in [0.4, 0.5) is 0 Å². The highest BCUT2D eigenvalue weighted by Gasteiger charge is 2.55. The van der Waals surface area contributed by atoms with Gasteiger partial charge in [0.15, 0.2) is 0 Å². The molecule has 102 valence electrons. The van der Waals surface area contributed by atoms with Crippen LogP contribution in [-0.2, 0) is 9.59 Å². The Morgan fingerprint density at radius 1 is 1.50 bits per heavy atom.